The number of benzene rings is 1. The van der Waals surface area contributed by atoms with Crippen LogP contribution in [-0.2, 0) is 4.79 Å². The molecule has 0 aliphatic heterocycles. The molecule has 0 aliphatic rings. The van der Waals surface area contributed by atoms with Crippen molar-refractivity contribution in [3.63, 3.8) is 0 Å². The number of nitrogens with two attached hydrogens (primary N) is 1. The summed E-state index contributed by atoms with van der Waals surface area (Å²) in [7, 11) is 0. The molecule has 0 saturated heterocycles. The molecule has 4 N–H and O–H groups in total. The van der Waals surface area contributed by atoms with Crippen molar-refractivity contribution in [1.29, 1.82) is 0 Å². The van der Waals surface area contributed by atoms with Crippen LogP contribution in [0.4, 0.5) is 0 Å². The minimum atomic E-state index is -1.05. The van der Waals surface area contributed by atoms with Gasteiger partial charge < -0.3 is 15.9 Å². The third kappa shape index (κ3) is 2.83. The van der Waals surface area contributed by atoms with Crippen molar-refractivity contribution < 1.29 is 15.0 Å². The highest BCUT2D eigenvalue weighted by atomic mass is 16.4. The van der Waals surface area contributed by atoms with Crippen LogP contribution in [0.3, 0.4) is 0 Å². The van der Waals surface area contributed by atoms with E-state index >= 15 is 0 Å². The maximum atomic E-state index is 10.3. The molecule has 1 aromatic carbocycles. The fraction of sp³-hybridized carbons (Fsp3) is 0.300. The Bertz CT molecular complexity index is 299. The number of hydrogen-bond donors (Lipinski definition) is 3. The van der Waals surface area contributed by atoms with Crippen LogP contribution in [-0.4, -0.2) is 22.3 Å². The van der Waals surface area contributed by atoms with E-state index in [-0.39, 0.29) is 6.42 Å². The normalized spacial score (nSPS) is 14.7. The van der Waals surface area contributed by atoms with E-state index in [1.165, 1.54) is 0 Å². The lowest BCUT2D eigenvalue weighted by atomic mass is 10.0. The van der Waals surface area contributed by atoms with Gasteiger partial charge in [0.05, 0.1) is 18.6 Å². The van der Waals surface area contributed by atoms with Crippen LogP contribution in [0.5, 0.6) is 0 Å². The summed E-state index contributed by atoms with van der Waals surface area (Å²) in [4.78, 5) is 10.3. The van der Waals surface area contributed by atoms with Crippen LogP contribution in [0.15, 0.2) is 30.3 Å². The Labute approximate surface area is 82.0 Å². The van der Waals surface area contributed by atoms with Gasteiger partial charge in [-0.1, -0.05) is 30.3 Å². The molecule has 4 heteroatoms. The van der Waals surface area contributed by atoms with Crippen LogP contribution < -0.4 is 5.73 Å². The van der Waals surface area contributed by atoms with Crippen molar-refractivity contribution >= 4 is 5.97 Å². The molecule has 1 aromatic rings. The van der Waals surface area contributed by atoms with E-state index < -0.39 is 18.1 Å². The van der Waals surface area contributed by atoms with Crippen molar-refractivity contribution in [2.24, 2.45) is 5.73 Å². The monoisotopic (exact) mass is 195 g/mol. The Morgan fingerprint density at radius 2 is 1.93 bits per heavy atom. The van der Waals surface area contributed by atoms with Crippen LogP contribution in [0.2, 0.25) is 0 Å². The van der Waals surface area contributed by atoms with Gasteiger partial charge in [0.1, 0.15) is 0 Å². The topological polar surface area (TPSA) is 83.5 Å². The van der Waals surface area contributed by atoms with E-state index in [0.29, 0.717) is 0 Å². The van der Waals surface area contributed by atoms with Crippen LogP contribution in [0.25, 0.3) is 0 Å². The van der Waals surface area contributed by atoms with Gasteiger partial charge in [0.25, 0.3) is 0 Å². The van der Waals surface area contributed by atoms with E-state index in [4.69, 9.17) is 10.8 Å². The summed E-state index contributed by atoms with van der Waals surface area (Å²) in [5.74, 6) is -1.05. The highest BCUT2D eigenvalue weighted by Gasteiger charge is 2.19. The molecule has 0 fully saturated rings. The molecule has 0 spiro atoms. The van der Waals surface area contributed by atoms with E-state index in [1.54, 1.807) is 24.3 Å². The van der Waals surface area contributed by atoms with Crippen molar-refractivity contribution in [3.8, 4) is 0 Å². The lowest BCUT2D eigenvalue weighted by molar-refractivity contribution is -0.139. The smallest absolute Gasteiger partial charge is 0.306 e. The Balaban J connectivity index is 2.65. The third-order valence-electron chi connectivity index (χ3n) is 1.98. The Morgan fingerprint density at radius 1 is 1.36 bits per heavy atom. The SMILES string of the molecule is N[C@H](c1ccccc1)[C@@H](O)CC(=O)O. The number of carbonyl (C=O) groups is 1. The highest BCUT2D eigenvalue weighted by molar-refractivity contribution is 5.67. The Hall–Kier alpha value is -1.39. The number of carboxylic acids is 1. The quantitative estimate of drug-likeness (QED) is 0.654. The van der Waals surface area contributed by atoms with Gasteiger partial charge in [-0.05, 0) is 5.56 Å². The number of hydrogen-bond acceptors (Lipinski definition) is 3. The lowest BCUT2D eigenvalue weighted by Crippen LogP contribution is -2.28. The average molecular weight is 195 g/mol. The highest BCUT2D eigenvalue weighted by Crippen LogP contribution is 2.15. The summed E-state index contributed by atoms with van der Waals surface area (Å²) < 4.78 is 0. The number of aliphatic carboxylic acids is 1. The molecule has 0 unspecified atom stereocenters. The largest absolute Gasteiger partial charge is 0.481 e. The van der Waals surface area contributed by atoms with Gasteiger partial charge in [-0.25, -0.2) is 0 Å². The van der Waals surface area contributed by atoms with Gasteiger partial charge in [-0.3, -0.25) is 4.79 Å². The molecule has 14 heavy (non-hydrogen) atoms. The van der Waals surface area contributed by atoms with Crippen LogP contribution >= 0.6 is 0 Å². The molecule has 2 atom stereocenters. The Morgan fingerprint density at radius 3 is 2.43 bits per heavy atom. The van der Waals surface area contributed by atoms with Gasteiger partial charge in [-0.15, -0.1) is 0 Å². The number of rotatable bonds is 4. The fourth-order valence-corrected chi connectivity index (χ4v) is 1.20. The van der Waals surface area contributed by atoms with Crippen LogP contribution in [0.1, 0.15) is 18.0 Å². The van der Waals surface area contributed by atoms with Gasteiger partial charge in [0.15, 0.2) is 0 Å². The molecule has 4 nitrogen and oxygen atoms in total. The number of aliphatic hydroxyl groups excluding tert-OH is 1. The maximum absolute atomic E-state index is 10.3. The van der Waals surface area contributed by atoms with Gasteiger partial charge in [0, 0.05) is 0 Å². The first kappa shape index (κ1) is 10.7. The second-order valence-electron chi connectivity index (χ2n) is 3.10. The van der Waals surface area contributed by atoms with Crippen molar-refractivity contribution in [2.45, 2.75) is 18.6 Å². The van der Waals surface area contributed by atoms with Gasteiger partial charge in [-0.2, -0.15) is 0 Å². The minimum absolute atomic E-state index is 0.337. The molecule has 0 amide bonds. The predicted octanol–water partition coefficient (Wildman–Crippen LogP) is 0.522. The lowest BCUT2D eigenvalue weighted by Gasteiger charge is -2.17. The summed E-state index contributed by atoms with van der Waals surface area (Å²) in [6.45, 7) is 0. The second-order valence-corrected chi connectivity index (χ2v) is 3.10. The summed E-state index contributed by atoms with van der Waals surface area (Å²) in [5, 5.41) is 17.9. The van der Waals surface area contributed by atoms with Crippen molar-refractivity contribution in [3.05, 3.63) is 35.9 Å². The predicted molar refractivity (Wildman–Crippen MR) is 51.6 cm³/mol. The standard InChI is InChI=1S/C10H13NO3/c11-10(8(12)6-9(13)14)7-4-2-1-3-5-7/h1-5,8,10,12H,6,11H2,(H,13,14)/t8-,10+/m0/s1. The number of carboxylic acid groups (broad SMARTS) is 1. The van der Waals surface area contributed by atoms with E-state index in [0.717, 1.165) is 5.56 Å². The van der Waals surface area contributed by atoms with Gasteiger partial charge >= 0.3 is 5.97 Å². The molecule has 0 bridgehead atoms. The zero-order chi connectivity index (χ0) is 10.6. The molecule has 1 rings (SSSR count). The van der Waals surface area contributed by atoms with Crippen LogP contribution in [0, 0.1) is 0 Å². The number of aliphatic hydroxyl groups is 1. The van der Waals surface area contributed by atoms with E-state index in [9.17, 15) is 9.90 Å². The minimum Gasteiger partial charge on any atom is -0.481 e. The molecule has 0 saturated carbocycles. The molecular weight excluding hydrogens is 182 g/mol. The second kappa shape index (κ2) is 4.74. The molecular formula is C10H13NO3. The van der Waals surface area contributed by atoms with Crippen molar-refractivity contribution in [2.75, 3.05) is 0 Å². The molecule has 76 valence electrons. The zero-order valence-electron chi connectivity index (χ0n) is 7.63. The molecule has 0 heterocycles. The van der Waals surface area contributed by atoms with E-state index in [2.05, 4.69) is 0 Å². The molecule has 0 aromatic heterocycles. The first-order valence-electron chi connectivity index (χ1n) is 4.31. The first-order chi connectivity index (χ1) is 6.61. The maximum Gasteiger partial charge on any atom is 0.306 e. The first-order valence-corrected chi connectivity index (χ1v) is 4.31. The molecule has 0 radical (unpaired) electrons. The molecule has 0 aliphatic carbocycles. The third-order valence-corrected chi connectivity index (χ3v) is 1.98. The Kier molecular flexibility index (Phi) is 3.62. The summed E-state index contributed by atoms with van der Waals surface area (Å²) in [6, 6.07) is 8.30. The van der Waals surface area contributed by atoms with E-state index in [1.807, 2.05) is 6.07 Å². The summed E-state index contributed by atoms with van der Waals surface area (Å²) >= 11 is 0. The zero-order valence-corrected chi connectivity index (χ0v) is 7.63. The van der Waals surface area contributed by atoms with Crippen molar-refractivity contribution in [1.82, 2.24) is 0 Å². The van der Waals surface area contributed by atoms with Gasteiger partial charge in [0.2, 0.25) is 0 Å². The fourth-order valence-electron chi connectivity index (χ4n) is 1.20. The average Bonchev–Trinajstić information content (AvgIpc) is 2.17. The summed E-state index contributed by atoms with van der Waals surface area (Å²) in [5.41, 5.74) is 6.41. The summed E-state index contributed by atoms with van der Waals surface area (Å²) in [6.07, 6.45) is -1.38.